The molecule has 0 atom stereocenters. The summed E-state index contributed by atoms with van der Waals surface area (Å²) in [6.45, 7) is 8.90. The molecule has 0 aliphatic heterocycles. The number of rotatable bonds is 7. The molecule has 3 nitrogen and oxygen atoms in total. The zero-order valence-electron chi connectivity index (χ0n) is 17.2. The summed E-state index contributed by atoms with van der Waals surface area (Å²) < 4.78 is 5.94. The molecule has 0 spiro atoms. The van der Waals surface area contributed by atoms with E-state index in [1.165, 1.54) is 6.26 Å². The van der Waals surface area contributed by atoms with Crippen LogP contribution in [0, 0.1) is 17.8 Å². The van der Waals surface area contributed by atoms with Crippen molar-refractivity contribution in [1.82, 2.24) is 0 Å². The highest BCUT2D eigenvalue weighted by Crippen LogP contribution is 2.33. The Morgan fingerprint density at radius 2 is 1.57 bits per heavy atom. The smallest absolute Gasteiger partial charge is 0.200 e. The minimum atomic E-state index is -0.0574. The van der Waals surface area contributed by atoms with Crippen LogP contribution in [-0.2, 0) is 6.42 Å². The fourth-order valence-corrected chi connectivity index (χ4v) is 4.15. The van der Waals surface area contributed by atoms with Gasteiger partial charge in [0.05, 0.1) is 10.9 Å². The van der Waals surface area contributed by atoms with Gasteiger partial charge in [-0.05, 0) is 54.7 Å². The summed E-state index contributed by atoms with van der Waals surface area (Å²) in [6, 6.07) is 12.8. The van der Waals surface area contributed by atoms with Gasteiger partial charge in [0.2, 0.25) is 5.43 Å². The van der Waals surface area contributed by atoms with Gasteiger partial charge < -0.3 is 9.52 Å². The number of aromatic hydroxyl groups is 1. The molecule has 3 rings (SSSR count). The van der Waals surface area contributed by atoms with Crippen LogP contribution in [0.2, 0.25) is 0 Å². The number of fused-ring (bicyclic) bond motifs is 1. The van der Waals surface area contributed by atoms with Gasteiger partial charge in [-0.25, -0.2) is 0 Å². The predicted molar refractivity (Wildman–Crippen MR) is 116 cm³/mol. The number of benzene rings is 2. The van der Waals surface area contributed by atoms with Crippen LogP contribution in [0.15, 0.2) is 57.9 Å². The summed E-state index contributed by atoms with van der Waals surface area (Å²) in [5, 5.41) is 11.1. The highest BCUT2D eigenvalue weighted by atomic mass is 16.3. The quantitative estimate of drug-likeness (QED) is 0.516. The Bertz CT molecular complexity index is 974. The van der Waals surface area contributed by atoms with Crippen LogP contribution in [0.5, 0.6) is 5.75 Å². The maximum atomic E-state index is 13.1. The van der Waals surface area contributed by atoms with E-state index in [2.05, 4.69) is 27.7 Å². The fraction of sp³-hybridized carbons (Fsp3) is 0.400. The van der Waals surface area contributed by atoms with E-state index in [1.807, 2.05) is 30.3 Å². The van der Waals surface area contributed by atoms with E-state index in [-0.39, 0.29) is 11.2 Å². The lowest BCUT2D eigenvalue weighted by molar-refractivity contribution is 0.337. The van der Waals surface area contributed by atoms with Crippen LogP contribution in [0.4, 0.5) is 0 Å². The van der Waals surface area contributed by atoms with Crippen molar-refractivity contribution in [3.63, 3.8) is 0 Å². The van der Waals surface area contributed by atoms with E-state index >= 15 is 0 Å². The van der Waals surface area contributed by atoms with Crippen molar-refractivity contribution in [1.29, 1.82) is 0 Å². The molecule has 1 heterocycles. The molecule has 0 amide bonds. The van der Waals surface area contributed by atoms with Gasteiger partial charge in [0.25, 0.3) is 0 Å². The predicted octanol–water partition coefficient (Wildman–Crippen LogP) is 6.42. The van der Waals surface area contributed by atoms with Crippen LogP contribution in [0.1, 0.15) is 46.1 Å². The lowest BCUT2D eigenvalue weighted by atomic mass is 9.84. The van der Waals surface area contributed by atoms with E-state index in [4.69, 9.17) is 4.42 Å². The molecule has 1 N–H and O–H groups in total. The van der Waals surface area contributed by atoms with Crippen LogP contribution < -0.4 is 5.43 Å². The molecule has 0 fully saturated rings. The summed E-state index contributed by atoms with van der Waals surface area (Å²) in [5.41, 5.74) is 2.59. The van der Waals surface area contributed by atoms with E-state index < -0.39 is 0 Å². The molecular weight excluding hydrogens is 348 g/mol. The third-order valence-corrected chi connectivity index (χ3v) is 5.21. The molecule has 148 valence electrons. The Morgan fingerprint density at radius 1 is 0.929 bits per heavy atom. The molecule has 0 unspecified atom stereocenters. The Hall–Kier alpha value is -2.55. The Balaban J connectivity index is 2.06. The van der Waals surface area contributed by atoms with E-state index in [9.17, 15) is 9.90 Å². The van der Waals surface area contributed by atoms with Gasteiger partial charge in [-0.15, -0.1) is 0 Å². The summed E-state index contributed by atoms with van der Waals surface area (Å²) in [5.74, 6) is 1.81. The van der Waals surface area contributed by atoms with Crippen LogP contribution >= 0.6 is 0 Å². The Labute approximate surface area is 167 Å². The van der Waals surface area contributed by atoms with Crippen molar-refractivity contribution in [2.24, 2.45) is 17.8 Å². The van der Waals surface area contributed by atoms with Crippen LogP contribution in [-0.4, -0.2) is 5.11 Å². The highest BCUT2D eigenvalue weighted by Gasteiger charge is 2.20. The molecule has 0 aliphatic carbocycles. The van der Waals surface area contributed by atoms with Gasteiger partial charge in [-0.2, -0.15) is 0 Å². The SMILES string of the molecule is CC(C)CC(Cc1c(O)ccc2c(=O)c(-c3ccccc3)coc12)CC(C)C. The first-order valence-electron chi connectivity index (χ1n) is 10.2. The van der Waals surface area contributed by atoms with Gasteiger partial charge in [-0.1, -0.05) is 58.0 Å². The van der Waals surface area contributed by atoms with Crippen LogP contribution in [0.3, 0.4) is 0 Å². The highest BCUT2D eigenvalue weighted by molar-refractivity contribution is 5.85. The van der Waals surface area contributed by atoms with Crippen molar-refractivity contribution < 1.29 is 9.52 Å². The van der Waals surface area contributed by atoms with Gasteiger partial charge in [0, 0.05) is 5.56 Å². The number of phenolic OH excluding ortho intramolecular Hbond substituents is 1. The monoisotopic (exact) mass is 378 g/mol. The summed E-state index contributed by atoms with van der Waals surface area (Å²) in [4.78, 5) is 13.1. The molecule has 1 aromatic heterocycles. The van der Waals surface area contributed by atoms with Crippen LogP contribution in [0.25, 0.3) is 22.1 Å². The second-order valence-electron chi connectivity index (χ2n) is 8.61. The minimum absolute atomic E-state index is 0.0574. The summed E-state index contributed by atoms with van der Waals surface area (Å²) in [7, 11) is 0. The summed E-state index contributed by atoms with van der Waals surface area (Å²) in [6.07, 6.45) is 4.41. The maximum absolute atomic E-state index is 13.1. The van der Waals surface area contributed by atoms with E-state index in [1.54, 1.807) is 12.1 Å². The fourth-order valence-electron chi connectivity index (χ4n) is 4.15. The van der Waals surface area contributed by atoms with Crippen molar-refractivity contribution >= 4 is 11.0 Å². The molecule has 0 bridgehead atoms. The molecule has 0 radical (unpaired) electrons. The maximum Gasteiger partial charge on any atom is 0.200 e. The standard InChI is InChI=1S/C25H30O3/c1-16(2)12-18(13-17(3)4)14-21-23(26)11-10-20-24(27)22(15-28-25(20)21)19-8-6-5-7-9-19/h5-11,15-18,26H,12-14H2,1-4H3. The molecule has 0 saturated carbocycles. The molecule has 0 aliphatic rings. The Kier molecular flexibility index (Phi) is 6.23. The number of hydrogen-bond acceptors (Lipinski definition) is 3. The number of phenols is 1. The average molecular weight is 379 g/mol. The normalized spacial score (nSPS) is 11.8. The minimum Gasteiger partial charge on any atom is -0.508 e. The second-order valence-corrected chi connectivity index (χ2v) is 8.61. The zero-order valence-corrected chi connectivity index (χ0v) is 17.2. The first-order valence-corrected chi connectivity index (χ1v) is 10.2. The topological polar surface area (TPSA) is 50.4 Å². The van der Waals surface area contributed by atoms with Gasteiger partial charge in [-0.3, -0.25) is 4.79 Å². The molecule has 2 aromatic carbocycles. The Morgan fingerprint density at radius 3 is 2.18 bits per heavy atom. The average Bonchev–Trinajstić information content (AvgIpc) is 2.64. The lowest BCUT2D eigenvalue weighted by Gasteiger charge is -2.22. The zero-order chi connectivity index (χ0) is 20.3. The van der Waals surface area contributed by atoms with Gasteiger partial charge in [0.15, 0.2) is 0 Å². The first-order chi connectivity index (χ1) is 13.4. The first kappa shape index (κ1) is 20.2. The van der Waals surface area contributed by atoms with Crippen molar-refractivity contribution in [3.8, 4) is 16.9 Å². The molecule has 28 heavy (non-hydrogen) atoms. The van der Waals surface area contributed by atoms with Crippen molar-refractivity contribution in [2.75, 3.05) is 0 Å². The molecule has 3 heteroatoms. The third kappa shape index (κ3) is 4.46. The lowest BCUT2D eigenvalue weighted by Crippen LogP contribution is -2.13. The largest absolute Gasteiger partial charge is 0.508 e. The van der Waals surface area contributed by atoms with E-state index in [0.717, 1.165) is 24.0 Å². The van der Waals surface area contributed by atoms with Crippen molar-refractivity contribution in [2.45, 2.75) is 47.0 Å². The molecular formula is C25H30O3. The van der Waals surface area contributed by atoms with Gasteiger partial charge in [0.1, 0.15) is 17.6 Å². The van der Waals surface area contributed by atoms with Gasteiger partial charge >= 0.3 is 0 Å². The molecule has 3 aromatic rings. The second kappa shape index (κ2) is 8.64. The third-order valence-electron chi connectivity index (χ3n) is 5.21. The van der Waals surface area contributed by atoms with Crippen molar-refractivity contribution in [3.05, 3.63) is 64.5 Å². The van der Waals surface area contributed by atoms with E-state index in [0.29, 0.717) is 40.7 Å². The summed E-state index contributed by atoms with van der Waals surface area (Å²) >= 11 is 0. The number of hydrogen-bond donors (Lipinski definition) is 1. The molecule has 0 saturated heterocycles.